The lowest BCUT2D eigenvalue weighted by molar-refractivity contribution is 0.146. The van der Waals surface area contributed by atoms with Crippen molar-refractivity contribution in [3.8, 4) is 5.75 Å². The fourth-order valence-corrected chi connectivity index (χ4v) is 2.09. The molecule has 1 fully saturated rings. The number of ether oxygens (including phenoxy) is 1. The summed E-state index contributed by atoms with van der Waals surface area (Å²) < 4.78 is 18.6. The summed E-state index contributed by atoms with van der Waals surface area (Å²) in [5, 5.41) is 10.2. The molecule has 0 aliphatic heterocycles. The van der Waals surface area contributed by atoms with Crippen molar-refractivity contribution in [2.75, 3.05) is 7.11 Å². The van der Waals surface area contributed by atoms with Crippen molar-refractivity contribution in [3.63, 3.8) is 0 Å². The summed E-state index contributed by atoms with van der Waals surface area (Å²) >= 11 is 5.86. The van der Waals surface area contributed by atoms with Crippen LogP contribution in [-0.4, -0.2) is 12.2 Å². The number of halogens is 2. The zero-order valence-corrected chi connectivity index (χ0v) is 9.36. The van der Waals surface area contributed by atoms with Crippen LogP contribution in [0.4, 0.5) is 4.39 Å². The Morgan fingerprint density at radius 3 is 2.60 bits per heavy atom. The van der Waals surface area contributed by atoms with Crippen molar-refractivity contribution in [1.82, 2.24) is 0 Å². The Morgan fingerprint density at radius 2 is 2.13 bits per heavy atom. The molecule has 0 radical (unpaired) electrons. The van der Waals surface area contributed by atoms with Gasteiger partial charge < -0.3 is 9.84 Å². The maximum atomic E-state index is 13.5. The second-order valence-electron chi connectivity index (χ2n) is 3.91. The average Bonchev–Trinajstić information content (AvgIpc) is 2.90. The molecular weight excluding hydrogens is 219 g/mol. The van der Waals surface area contributed by atoms with E-state index in [0.29, 0.717) is 29.7 Å². The molecule has 4 heteroatoms. The number of aliphatic hydroxyl groups is 1. The Morgan fingerprint density at radius 1 is 1.53 bits per heavy atom. The second kappa shape index (κ2) is 3.35. The van der Waals surface area contributed by atoms with E-state index in [4.69, 9.17) is 16.3 Å². The molecule has 0 amide bonds. The Labute approximate surface area is 92.6 Å². The molecule has 15 heavy (non-hydrogen) atoms. The van der Waals surface area contributed by atoms with E-state index in [1.165, 1.54) is 13.2 Å². The van der Waals surface area contributed by atoms with Crippen LogP contribution in [0.2, 0.25) is 5.02 Å². The average molecular weight is 231 g/mol. The first-order valence-electron chi connectivity index (χ1n) is 4.75. The lowest BCUT2D eigenvalue weighted by Crippen LogP contribution is -2.11. The molecule has 0 heterocycles. The van der Waals surface area contributed by atoms with E-state index in [9.17, 15) is 9.50 Å². The van der Waals surface area contributed by atoms with Gasteiger partial charge in [0.2, 0.25) is 0 Å². The lowest BCUT2D eigenvalue weighted by atomic mass is 10.00. The van der Waals surface area contributed by atoms with Gasteiger partial charge in [-0.05, 0) is 31.4 Å². The summed E-state index contributed by atoms with van der Waals surface area (Å²) in [5.41, 5.74) is -0.0347. The highest BCUT2D eigenvalue weighted by Gasteiger charge is 2.46. The smallest absolute Gasteiger partial charge is 0.144 e. The molecule has 0 atom stereocenters. The summed E-state index contributed by atoms with van der Waals surface area (Å²) in [5.74, 6) is -0.0216. The van der Waals surface area contributed by atoms with E-state index in [0.717, 1.165) is 0 Å². The minimum Gasteiger partial charge on any atom is -0.495 e. The van der Waals surface area contributed by atoms with Gasteiger partial charge >= 0.3 is 0 Å². The predicted octanol–water partition coefficient (Wildman–Crippen LogP) is 2.78. The Kier molecular flexibility index (Phi) is 2.40. The monoisotopic (exact) mass is 230 g/mol. The number of methoxy groups -OCH3 is 1. The molecule has 1 N–H and O–H groups in total. The molecular formula is C11H12ClFO2. The van der Waals surface area contributed by atoms with Crippen molar-refractivity contribution in [3.05, 3.63) is 28.0 Å². The van der Waals surface area contributed by atoms with Crippen molar-refractivity contribution in [2.24, 2.45) is 0 Å². The fraction of sp³-hybridized carbons (Fsp3) is 0.455. The first-order chi connectivity index (χ1) is 6.99. The van der Waals surface area contributed by atoms with Gasteiger partial charge in [0.05, 0.1) is 17.7 Å². The maximum absolute atomic E-state index is 13.5. The standard InChI is InChI=1S/C11H12ClFO2/c1-6-8(13)5-7(12)10(15-2)9(6)11(14)3-4-11/h5,14H,3-4H2,1-2H3. The van der Waals surface area contributed by atoms with Gasteiger partial charge in [0, 0.05) is 5.56 Å². The summed E-state index contributed by atoms with van der Waals surface area (Å²) in [6.45, 7) is 1.62. The number of hydrogen-bond donors (Lipinski definition) is 1. The first kappa shape index (κ1) is 10.7. The summed E-state index contributed by atoms with van der Waals surface area (Å²) in [7, 11) is 1.47. The molecule has 1 saturated carbocycles. The lowest BCUT2D eigenvalue weighted by Gasteiger charge is -2.18. The third-order valence-corrected chi connectivity index (χ3v) is 3.10. The van der Waals surface area contributed by atoms with Crippen LogP contribution in [0.25, 0.3) is 0 Å². The molecule has 1 aromatic rings. The minimum atomic E-state index is -0.943. The Hall–Kier alpha value is -0.800. The molecule has 2 rings (SSSR count). The number of benzene rings is 1. The highest BCUT2D eigenvalue weighted by Crippen LogP contribution is 2.52. The molecule has 0 spiro atoms. The summed E-state index contributed by atoms with van der Waals surface area (Å²) in [4.78, 5) is 0. The molecule has 1 aliphatic rings. The van der Waals surface area contributed by atoms with E-state index >= 15 is 0 Å². The minimum absolute atomic E-state index is 0.205. The van der Waals surface area contributed by atoms with Crippen LogP contribution in [0.1, 0.15) is 24.0 Å². The maximum Gasteiger partial charge on any atom is 0.144 e. The number of hydrogen-bond acceptors (Lipinski definition) is 2. The summed E-state index contributed by atoms with van der Waals surface area (Å²) in [6, 6.07) is 1.21. The first-order valence-corrected chi connectivity index (χ1v) is 5.13. The van der Waals surface area contributed by atoms with Gasteiger partial charge in [-0.25, -0.2) is 4.39 Å². The zero-order valence-electron chi connectivity index (χ0n) is 8.60. The van der Waals surface area contributed by atoms with Gasteiger partial charge in [0.15, 0.2) is 0 Å². The van der Waals surface area contributed by atoms with Crippen LogP contribution in [0.15, 0.2) is 6.07 Å². The SMILES string of the molecule is COc1c(Cl)cc(F)c(C)c1C1(O)CC1. The molecule has 0 saturated heterocycles. The highest BCUT2D eigenvalue weighted by atomic mass is 35.5. The molecule has 0 unspecified atom stereocenters. The van der Waals surface area contributed by atoms with E-state index < -0.39 is 11.4 Å². The van der Waals surface area contributed by atoms with Gasteiger partial charge in [-0.2, -0.15) is 0 Å². The fourth-order valence-electron chi connectivity index (χ4n) is 1.82. The van der Waals surface area contributed by atoms with Gasteiger partial charge in [-0.15, -0.1) is 0 Å². The van der Waals surface area contributed by atoms with E-state index in [1.54, 1.807) is 6.92 Å². The molecule has 82 valence electrons. The molecule has 1 aromatic carbocycles. The molecule has 0 aromatic heterocycles. The Balaban J connectivity index is 2.68. The largest absolute Gasteiger partial charge is 0.495 e. The van der Waals surface area contributed by atoms with Crippen LogP contribution in [0.3, 0.4) is 0 Å². The topological polar surface area (TPSA) is 29.5 Å². The van der Waals surface area contributed by atoms with Crippen molar-refractivity contribution < 1.29 is 14.2 Å². The summed E-state index contributed by atoms with van der Waals surface area (Å²) in [6.07, 6.45) is 1.26. The molecule has 1 aliphatic carbocycles. The third kappa shape index (κ3) is 1.60. The van der Waals surface area contributed by atoms with Crippen LogP contribution >= 0.6 is 11.6 Å². The van der Waals surface area contributed by atoms with Gasteiger partial charge in [-0.3, -0.25) is 0 Å². The molecule has 2 nitrogen and oxygen atoms in total. The van der Waals surface area contributed by atoms with Crippen LogP contribution in [-0.2, 0) is 5.60 Å². The van der Waals surface area contributed by atoms with E-state index in [1.807, 2.05) is 0 Å². The van der Waals surface area contributed by atoms with E-state index in [2.05, 4.69) is 0 Å². The van der Waals surface area contributed by atoms with Crippen molar-refractivity contribution >= 4 is 11.6 Å². The Bertz CT molecular complexity index is 414. The van der Waals surface area contributed by atoms with Gasteiger partial charge in [-0.1, -0.05) is 11.6 Å². The quantitative estimate of drug-likeness (QED) is 0.847. The normalized spacial score (nSPS) is 17.7. The van der Waals surface area contributed by atoms with Crippen LogP contribution in [0, 0.1) is 12.7 Å². The third-order valence-electron chi connectivity index (χ3n) is 2.82. The van der Waals surface area contributed by atoms with Crippen molar-refractivity contribution in [1.29, 1.82) is 0 Å². The number of rotatable bonds is 2. The van der Waals surface area contributed by atoms with Gasteiger partial charge in [0.1, 0.15) is 11.6 Å². The zero-order chi connectivity index (χ0) is 11.2. The van der Waals surface area contributed by atoms with Crippen molar-refractivity contribution in [2.45, 2.75) is 25.4 Å². The molecule has 0 bridgehead atoms. The van der Waals surface area contributed by atoms with E-state index in [-0.39, 0.29) is 5.02 Å². The van der Waals surface area contributed by atoms with Crippen LogP contribution in [0.5, 0.6) is 5.75 Å². The van der Waals surface area contributed by atoms with Crippen LogP contribution < -0.4 is 4.74 Å². The van der Waals surface area contributed by atoms with Gasteiger partial charge in [0.25, 0.3) is 0 Å². The second-order valence-corrected chi connectivity index (χ2v) is 4.31. The highest BCUT2D eigenvalue weighted by molar-refractivity contribution is 6.32. The predicted molar refractivity (Wildman–Crippen MR) is 55.8 cm³/mol.